The second-order valence-corrected chi connectivity index (χ2v) is 4.27. The minimum Gasteiger partial charge on any atom is -0.306 e. The van der Waals surface area contributed by atoms with Gasteiger partial charge in [0.15, 0.2) is 6.19 Å². The molecular formula is C10H17ClN2. The van der Waals surface area contributed by atoms with Gasteiger partial charge < -0.3 is 4.90 Å². The van der Waals surface area contributed by atoms with Gasteiger partial charge in [-0.25, -0.2) is 0 Å². The van der Waals surface area contributed by atoms with Gasteiger partial charge in [0.1, 0.15) is 0 Å². The van der Waals surface area contributed by atoms with E-state index in [-0.39, 0.29) is 0 Å². The van der Waals surface area contributed by atoms with Gasteiger partial charge in [0.2, 0.25) is 0 Å². The first-order valence-corrected chi connectivity index (χ1v) is 5.53. The fraction of sp³-hybridized carbons (Fsp3) is 0.900. The van der Waals surface area contributed by atoms with E-state index < -0.39 is 0 Å². The maximum Gasteiger partial charge on any atom is 0.179 e. The third kappa shape index (κ3) is 3.08. The van der Waals surface area contributed by atoms with E-state index in [1.807, 2.05) is 4.90 Å². The number of rotatable bonds is 3. The number of nitrogens with zero attached hydrogens (tertiary/aromatic N) is 2. The normalized spacial score (nSPS) is 28.1. The number of halogens is 1. The fourth-order valence-corrected chi connectivity index (χ4v) is 2.14. The van der Waals surface area contributed by atoms with Gasteiger partial charge >= 0.3 is 0 Å². The van der Waals surface area contributed by atoms with Crippen LogP contribution in [0.4, 0.5) is 0 Å². The van der Waals surface area contributed by atoms with Crippen molar-refractivity contribution in [1.29, 1.82) is 5.26 Å². The van der Waals surface area contributed by atoms with Crippen LogP contribution in [0.2, 0.25) is 0 Å². The highest BCUT2D eigenvalue weighted by Gasteiger charge is 2.22. The van der Waals surface area contributed by atoms with Gasteiger partial charge in [0.05, 0.1) is 0 Å². The van der Waals surface area contributed by atoms with E-state index in [2.05, 4.69) is 13.1 Å². The van der Waals surface area contributed by atoms with Crippen molar-refractivity contribution >= 4 is 11.6 Å². The maximum atomic E-state index is 8.89. The molecule has 0 amide bonds. The molecule has 74 valence electrons. The Morgan fingerprint density at radius 2 is 2.00 bits per heavy atom. The first-order valence-electron chi connectivity index (χ1n) is 5.00. The van der Waals surface area contributed by atoms with Gasteiger partial charge in [-0.3, -0.25) is 0 Å². The maximum absolute atomic E-state index is 8.89. The van der Waals surface area contributed by atoms with Crippen LogP contribution >= 0.6 is 11.6 Å². The number of hydrogen-bond donors (Lipinski definition) is 0. The lowest BCUT2D eigenvalue weighted by molar-refractivity contribution is 0.207. The molecule has 1 rings (SSSR count). The number of hydrogen-bond acceptors (Lipinski definition) is 2. The van der Waals surface area contributed by atoms with E-state index in [9.17, 15) is 0 Å². The minimum atomic E-state index is 0.458. The summed E-state index contributed by atoms with van der Waals surface area (Å²) in [5.74, 6) is 1.40. The average Bonchev–Trinajstić information content (AvgIpc) is 2.16. The van der Waals surface area contributed by atoms with E-state index in [0.29, 0.717) is 18.5 Å². The Morgan fingerprint density at radius 1 is 1.38 bits per heavy atom. The molecule has 1 aliphatic rings. The zero-order chi connectivity index (χ0) is 9.68. The number of nitriles is 1. The first-order chi connectivity index (χ1) is 6.27. The predicted molar refractivity (Wildman–Crippen MR) is 54.5 cm³/mol. The molecule has 0 unspecified atom stereocenters. The molecule has 0 bridgehead atoms. The largest absolute Gasteiger partial charge is 0.306 e. The van der Waals surface area contributed by atoms with Crippen molar-refractivity contribution in [3.63, 3.8) is 0 Å². The van der Waals surface area contributed by atoms with Gasteiger partial charge in [-0.1, -0.05) is 6.92 Å². The summed E-state index contributed by atoms with van der Waals surface area (Å²) in [4.78, 5) is 1.85. The van der Waals surface area contributed by atoms with Gasteiger partial charge in [-0.15, -0.1) is 11.6 Å². The smallest absolute Gasteiger partial charge is 0.179 e. The molecule has 13 heavy (non-hydrogen) atoms. The van der Waals surface area contributed by atoms with Crippen LogP contribution in [0.25, 0.3) is 0 Å². The van der Waals surface area contributed by atoms with Crippen LogP contribution in [0.5, 0.6) is 0 Å². The van der Waals surface area contributed by atoms with Crippen molar-refractivity contribution in [3.05, 3.63) is 0 Å². The van der Waals surface area contributed by atoms with E-state index >= 15 is 0 Å². The van der Waals surface area contributed by atoms with Crippen LogP contribution in [-0.4, -0.2) is 23.4 Å². The second kappa shape index (κ2) is 5.34. The molecule has 0 spiro atoms. The van der Waals surface area contributed by atoms with Crippen molar-refractivity contribution in [1.82, 2.24) is 4.90 Å². The average molecular weight is 201 g/mol. The Bertz CT molecular complexity index is 180. The topological polar surface area (TPSA) is 27.0 Å². The quantitative estimate of drug-likeness (QED) is 0.398. The zero-order valence-electron chi connectivity index (χ0n) is 8.17. The molecule has 0 heterocycles. The molecule has 0 atom stereocenters. The van der Waals surface area contributed by atoms with Crippen molar-refractivity contribution in [2.45, 2.75) is 38.6 Å². The first kappa shape index (κ1) is 10.7. The van der Waals surface area contributed by atoms with Crippen molar-refractivity contribution < 1.29 is 0 Å². The van der Waals surface area contributed by atoms with E-state index in [4.69, 9.17) is 16.9 Å². The summed E-state index contributed by atoms with van der Waals surface area (Å²) in [6, 6.07) is 0.458. The highest BCUT2D eigenvalue weighted by atomic mass is 35.5. The molecule has 0 aliphatic heterocycles. The standard InChI is InChI=1S/C10H17ClN2/c1-9-2-4-10(5-3-9)13(8-12)7-6-11/h9-10H,2-7H2,1H3. The molecule has 0 radical (unpaired) electrons. The molecule has 1 saturated carbocycles. The Kier molecular flexibility index (Phi) is 4.38. The predicted octanol–water partition coefficient (Wildman–Crippen LogP) is 2.59. The molecule has 0 aromatic rings. The fourth-order valence-electron chi connectivity index (χ4n) is 1.96. The molecule has 1 fully saturated rings. The summed E-state index contributed by atoms with van der Waals surface area (Å²) in [5.41, 5.74) is 0. The van der Waals surface area contributed by atoms with Crippen LogP contribution in [0, 0.1) is 17.4 Å². The van der Waals surface area contributed by atoms with Crippen LogP contribution in [0.3, 0.4) is 0 Å². The third-order valence-corrected chi connectivity index (χ3v) is 3.05. The summed E-state index contributed by atoms with van der Waals surface area (Å²) in [5, 5.41) is 8.89. The molecule has 0 N–H and O–H groups in total. The van der Waals surface area contributed by atoms with Crippen LogP contribution in [-0.2, 0) is 0 Å². The molecule has 0 saturated heterocycles. The lowest BCUT2D eigenvalue weighted by atomic mass is 9.87. The monoisotopic (exact) mass is 200 g/mol. The summed E-state index contributed by atoms with van der Waals surface area (Å²) in [6.07, 6.45) is 7.06. The lowest BCUT2D eigenvalue weighted by Crippen LogP contribution is -2.35. The van der Waals surface area contributed by atoms with Gasteiger partial charge in [-0.05, 0) is 31.6 Å². The molecular weight excluding hydrogens is 184 g/mol. The highest BCUT2D eigenvalue weighted by molar-refractivity contribution is 6.18. The molecule has 0 aromatic heterocycles. The molecule has 2 nitrogen and oxygen atoms in total. The van der Waals surface area contributed by atoms with Crippen LogP contribution in [0.15, 0.2) is 0 Å². The van der Waals surface area contributed by atoms with Gasteiger partial charge in [-0.2, -0.15) is 5.26 Å². The van der Waals surface area contributed by atoms with E-state index in [1.165, 1.54) is 12.8 Å². The van der Waals surface area contributed by atoms with Gasteiger partial charge in [0.25, 0.3) is 0 Å². The third-order valence-electron chi connectivity index (χ3n) is 2.88. The molecule has 1 aliphatic carbocycles. The van der Waals surface area contributed by atoms with Crippen molar-refractivity contribution in [3.8, 4) is 6.19 Å². The van der Waals surface area contributed by atoms with Crippen molar-refractivity contribution in [2.24, 2.45) is 5.92 Å². The van der Waals surface area contributed by atoms with Crippen LogP contribution in [0.1, 0.15) is 32.6 Å². The summed E-state index contributed by atoms with van der Waals surface area (Å²) in [7, 11) is 0. The SMILES string of the molecule is CC1CCC(N(C#N)CCCl)CC1. The second-order valence-electron chi connectivity index (χ2n) is 3.90. The van der Waals surface area contributed by atoms with E-state index in [0.717, 1.165) is 18.8 Å². The summed E-state index contributed by atoms with van der Waals surface area (Å²) in [6.45, 7) is 2.99. The Morgan fingerprint density at radius 3 is 2.46 bits per heavy atom. The Balaban J connectivity index is 2.38. The lowest BCUT2D eigenvalue weighted by Gasteiger charge is -2.32. The Hall–Kier alpha value is -0.420. The highest BCUT2D eigenvalue weighted by Crippen LogP contribution is 2.26. The summed E-state index contributed by atoms with van der Waals surface area (Å²) < 4.78 is 0. The Labute approximate surface area is 85.5 Å². The van der Waals surface area contributed by atoms with Crippen molar-refractivity contribution in [2.75, 3.05) is 12.4 Å². The van der Waals surface area contributed by atoms with E-state index in [1.54, 1.807) is 0 Å². The zero-order valence-corrected chi connectivity index (χ0v) is 8.93. The molecule has 0 aromatic carbocycles. The minimum absolute atomic E-state index is 0.458. The van der Waals surface area contributed by atoms with Crippen LogP contribution < -0.4 is 0 Å². The summed E-state index contributed by atoms with van der Waals surface area (Å²) >= 11 is 5.63. The number of alkyl halides is 1. The van der Waals surface area contributed by atoms with Gasteiger partial charge in [0, 0.05) is 18.5 Å². The molecule has 3 heteroatoms.